The zero-order valence-electron chi connectivity index (χ0n) is 21.4. The standard InChI is InChI=1S/C28H34F2N4O3/c1-18(2)9-20-5-6-26(34-8-7-31-17-34)22(10-20)15-32-16-27(35)25(33-28(36)37-19(3)4)13-21-11-23(29)14-24(30)12-21/h5-8,10-12,14,17-18,25,27,32,35H,3,9,13,15-16H2,1-2,4H3,(H,33,36)/t25-,27+/m0/s1. The van der Waals surface area contributed by atoms with E-state index in [0.29, 0.717) is 18.0 Å². The van der Waals surface area contributed by atoms with Crippen LogP contribution in [0.4, 0.5) is 13.6 Å². The molecule has 0 fully saturated rings. The van der Waals surface area contributed by atoms with Crippen LogP contribution < -0.4 is 10.6 Å². The summed E-state index contributed by atoms with van der Waals surface area (Å²) in [5.41, 5.74) is 3.47. The predicted molar refractivity (Wildman–Crippen MR) is 138 cm³/mol. The molecule has 2 atom stereocenters. The molecule has 7 nitrogen and oxygen atoms in total. The SMILES string of the molecule is C=C(C)OC(=O)N[C@@H](Cc1cc(F)cc(F)c1)[C@H](O)CNCc1cc(CC(C)C)ccc1-n1ccnc1. The zero-order chi connectivity index (χ0) is 26.9. The summed E-state index contributed by atoms with van der Waals surface area (Å²) in [5, 5.41) is 16.8. The number of halogens is 2. The van der Waals surface area contributed by atoms with E-state index in [1.165, 1.54) is 24.6 Å². The van der Waals surface area contributed by atoms with Gasteiger partial charge in [0.05, 0.1) is 29.9 Å². The van der Waals surface area contributed by atoms with Gasteiger partial charge in [-0.1, -0.05) is 32.6 Å². The normalized spacial score (nSPS) is 12.8. The van der Waals surface area contributed by atoms with Gasteiger partial charge in [0.2, 0.25) is 0 Å². The number of aromatic nitrogens is 2. The van der Waals surface area contributed by atoms with Gasteiger partial charge in [0.15, 0.2) is 0 Å². The third-order valence-corrected chi connectivity index (χ3v) is 5.65. The van der Waals surface area contributed by atoms with Crippen molar-refractivity contribution in [3.63, 3.8) is 0 Å². The Morgan fingerprint density at radius 2 is 1.86 bits per heavy atom. The molecule has 0 saturated carbocycles. The number of nitrogens with one attached hydrogen (secondary N) is 2. The highest BCUT2D eigenvalue weighted by molar-refractivity contribution is 5.68. The first-order valence-corrected chi connectivity index (χ1v) is 12.2. The van der Waals surface area contributed by atoms with Gasteiger partial charge in [-0.15, -0.1) is 0 Å². The predicted octanol–water partition coefficient (Wildman–Crippen LogP) is 4.67. The Kier molecular flexibility index (Phi) is 9.93. The Balaban J connectivity index is 1.73. The van der Waals surface area contributed by atoms with Crippen LogP contribution in [0.5, 0.6) is 0 Å². The van der Waals surface area contributed by atoms with E-state index in [9.17, 15) is 18.7 Å². The number of ether oxygens (including phenoxy) is 1. The number of carbonyl (C=O) groups excluding carboxylic acids is 1. The largest absolute Gasteiger partial charge is 0.416 e. The molecule has 0 aliphatic rings. The molecule has 1 aromatic heterocycles. The minimum atomic E-state index is -1.08. The Morgan fingerprint density at radius 3 is 2.49 bits per heavy atom. The van der Waals surface area contributed by atoms with E-state index in [2.05, 4.69) is 48.2 Å². The minimum absolute atomic E-state index is 0.00697. The van der Waals surface area contributed by atoms with Gasteiger partial charge in [-0.25, -0.2) is 18.6 Å². The van der Waals surface area contributed by atoms with Gasteiger partial charge in [-0.2, -0.15) is 0 Å². The lowest BCUT2D eigenvalue weighted by Crippen LogP contribution is -2.48. The fraction of sp³-hybridized carbons (Fsp3) is 0.357. The van der Waals surface area contributed by atoms with Crippen LogP contribution in [0.2, 0.25) is 0 Å². The number of alkyl carbamates (subject to hydrolysis) is 1. The number of carbonyl (C=O) groups is 1. The molecule has 3 rings (SSSR count). The van der Waals surface area contributed by atoms with Crippen molar-refractivity contribution in [3.8, 4) is 5.69 Å². The van der Waals surface area contributed by atoms with Crippen LogP contribution in [-0.2, 0) is 24.1 Å². The average Bonchev–Trinajstić information content (AvgIpc) is 3.32. The second kappa shape index (κ2) is 13.1. The van der Waals surface area contributed by atoms with Gasteiger partial charge in [0, 0.05) is 31.5 Å². The Hall–Kier alpha value is -3.56. The average molecular weight is 513 g/mol. The lowest BCUT2D eigenvalue weighted by Gasteiger charge is -2.25. The summed E-state index contributed by atoms with van der Waals surface area (Å²) < 4.78 is 34.3. The number of rotatable bonds is 12. The maximum atomic E-state index is 13.7. The van der Waals surface area contributed by atoms with Crippen LogP contribution in [0.15, 0.2) is 67.5 Å². The van der Waals surface area contributed by atoms with Crippen molar-refractivity contribution in [1.29, 1.82) is 0 Å². The van der Waals surface area contributed by atoms with Crippen LogP contribution in [0.3, 0.4) is 0 Å². The second-order valence-corrected chi connectivity index (χ2v) is 9.55. The molecule has 3 aromatic rings. The van der Waals surface area contributed by atoms with E-state index >= 15 is 0 Å². The molecule has 0 radical (unpaired) electrons. The highest BCUT2D eigenvalue weighted by atomic mass is 19.1. The number of allylic oxidation sites excluding steroid dienone is 1. The van der Waals surface area contributed by atoms with E-state index in [1.54, 1.807) is 12.5 Å². The van der Waals surface area contributed by atoms with Gasteiger partial charge < -0.3 is 25.0 Å². The fourth-order valence-electron chi connectivity index (χ4n) is 4.13. The number of amides is 1. The summed E-state index contributed by atoms with van der Waals surface area (Å²) in [6, 6.07) is 8.50. The van der Waals surface area contributed by atoms with Crippen molar-refractivity contribution in [3.05, 3.63) is 95.8 Å². The second-order valence-electron chi connectivity index (χ2n) is 9.55. The summed E-state index contributed by atoms with van der Waals surface area (Å²) in [5.74, 6) is -0.799. The van der Waals surface area contributed by atoms with Crippen molar-refractivity contribution in [2.24, 2.45) is 5.92 Å². The molecule has 198 valence electrons. The molecular formula is C28H34F2N4O3. The van der Waals surface area contributed by atoms with Crippen LogP contribution in [0, 0.1) is 17.6 Å². The van der Waals surface area contributed by atoms with Crippen LogP contribution in [0.25, 0.3) is 5.69 Å². The maximum Gasteiger partial charge on any atom is 0.412 e. The van der Waals surface area contributed by atoms with Crippen LogP contribution in [-0.4, -0.2) is 39.4 Å². The van der Waals surface area contributed by atoms with E-state index in [-0.39, 0.29) is 18.7 Å². The Bertz CT molecular complexity index is 1180. The lowest BCUT2D eigenvalue weighted by atomic mass is 9.99. The summed E-state index contributed by atoms with van der Waals surface area (Å²) >= 11 is 0. The number of aliphatic hydroxyl groups excluding tert-OH is 1. The quantitative estimate of drug-likeness (QED) is 0.307. The third-order valence-electron chi connectivity index (χ3n) is 5.65. The van der Waals surface area contributed by atoms with E-state index in [4.69, 9.17) is 4.74 Å². The number of aliphatic hydroxyl groups is 1. The Labute approximate surface area is 216 Å². The van der Waals surface area contributed by atoms with Crippen LogP contribution >= 0.6 is 0 Å². The van der Waals surface area contributed by atoms with Crippen molar-refractivity contribution < 1.29 is 23.4 Å². The lowest BCUT2D eigenvalue weighted by molar-refractivity contribution is 0.113. The molecule has 0 saturated heterocycles. The molecule has 0 aliphatic carbocycles. The first-order chi connectivity index (χ1) is 17.6. The van der Waals surface area contributed by atoms with E-state index in [0.717, 1.165) is 23.7 Å². The fourth-order valence-corrected chi connectivity index (χ4v) is 4.13. The van der Waals surface area contributed by atoms with Crippen molar-refractivity contribution >= 4 is 6.09 Å². The molecule has 3 N–H and O–H groups in total. The number of hydrogen-bond acceptors (Lipinski definition) is 5. The first kappa shape index (κ1) is 28.0. The molecule has 0 bridgehead atoms. The van der Waals surface area contributed by atoms with Gasteiger partial charge in [0.1, 0.15) is 11.6 Å². The smallest absolute Gasteiger partial charge is 0.412 e. The molecule has 1 heterocycles. The molecular weight excluding hydrogens is 478 g/mol. The molecule has 9 heteroatoms. The topological polar surface area (TPSA) is 88.4 Å². The van der Waals surface area contributed by atoms with Gasteiger partial charge in [0.25, 0.3) is 0 Å². The van der Waals surface area contributed by atoms with Crippen molar-refractivity contribution in [2.45, 2.75) is 52.3 Å². The number of benzene rings is 2. The monoisotopic (exact) mass is 512 g/mol. The molecule has 37 heavy (non-hydrogen) atoms. The van der Waals surface area contributed by atoms with Crippen LogP contribution in [0.1, 0.15) is 37.5 Å². The van der Waals surface area contributed by atoms with E-state index in [1.807, 2.05) is 16.8 Å². The first-order valence-electron chi connectivity index (χ1n) is 12.2. The molecule has 1 amide bonds. The third kappa shape index (κ3) is 8.80. The molecule has 0 spiro atoms. The zero-order valence-corrected chi connectivity index (χ0v) is 21.4. The highest BCUT2D eigenvalue weighted by Crippen LogP contribution is 2.19. The van der Waals surface area contributed by atoms with Crippen molar-refractivity contribution in [1.82, 2.24) is 20.2 Å². The number of imidazole rings is 1. The van der Waals surface area contributed by atoms with Gasteiger partial charge in [-0.05, 0) is 60.6 Å². The molecule has 2 aromatic carbocycles. The summed E-state index contributed by atoms with van der Waals surface area (Å²) in [6.07, 6.45) is 4.32. The number of nitrogens with zero attached hydrogens (tertiary/aromatic N) is 2. The number of hydrogen-bond donors (Lipinski definition) is 3. The summed E-state index contributed by atoms with van der Waals surface area (Å²) in [4.78, 5) is 16.3. The van der Waals surface area contributed by atoms with E-state index < -0.39 is 29.9 Å². The van der Waals surface area contributed by atoms with Crippen molar-refractivity contribution in [2.75, 3.05) is 6.54 Å². The highest BCUT2D eigenvalue weighted by Gasteiger charge is 2.23. The molecule has 0 unspecified atom stereocenters. The minimum Gasteiger partial charge on any atom is -0.416 e. The molecule has 0 aliphatic heterocycles. The van der Waals surface area contributed by atoms with Gasteiger partial charge in [-0.3, -0.25) is 0 Å². The maximum absolute atomic E-state index is 13.7. The van der Waals surface area contributed by atoms with Gasteiger partial charge >= 0.3 is 6.09 Å². The Morgan fingerprint density at radius 1 is 1.14 bits per heavy atom. The summed E-state index contributed by atoms with van der Waals surface area (Å²) in [7, 11) is 0. The summed E-state index contributed by atoms with van der Waals surface area (Å²) in [6.45, 7) is 9.91.